The molecule has 0 saturated heterocycles. The van der Waals surface area contributed by atoms with Crippen LogP contribution in [0.2, 0.25) is 0 Å². The molecule has 0 radical (unpaired) electrons. The molecule has 0 saturated carbocycles. The lowest BCUT2D eigenvalue weighted by Gasteiger charge is -2.09. The van der Waals surface area contributed by atoms with Gasteiger partial charge in [-0.25, -0.2) is 0 Å². The van der Waals surface area contributed by atoms with Crippen LogP contribution in [-0.2, 0) is 0 Å². The Balaban J connectivity index is 2.52. The van der Waals surface area contributed by atoms with Crippen LogP contribution in [0.3, 0.4) is 0 Å². The maximum absolute atomic E-state index is 11.7. The molecule has 0 aliphatic carbocycles. The molecule has 4 nitrogen and oxygen atoms in total. The van der Waals surface area contributed by atoms with Crippen molar-refractivity contribution in [3.63, 3.8) is 0 Å². The molecule has 0 fully saturated rings. The number of halogens is 1. The first-order valence-electron chi connectivity index (χ1n) is 5.55. The van der Waals surface area contributed by atoms with Crippen molar-refractivity contribution in [3.8, 4) is 0 Å². The molecule has 0 bridgehead atoms. The third kappa shape index (κ3) is 4.75. The van der Waals surface area contributed by atoms with Crippen LogP contribution in [0.1, 0.15) is 30.1 Å². The van der Waals surface area contributed by atoms with Gasteiger partial charge < -0.3 is 16.2 Å². The highest BCUT2D eigenvalue weighted by atomic mass is 79.9. The first-order valence-corrected chi connectivity index (χ1v) is 6.34. The number of amides is 1. The molecule has 5 heteroatoms. The molecule has 0 aromatic heterocycles. The molecule has 0 heterocycles. The Labute approximate surface area is 109 Å². The third-order valence-electron chi connectivity index (χ3n) is 2.42. The number of rotatable bonds is 5. The summed E-state index contributed by atoms with van der Waals surface area (Å²) < 4.78 is 0.774. The minimum Gasteiger partial charge on any atom is -0.399 e. The summed E-state index contributed by atoms with van der Waals surface area (Å²) >= 11 is 3.28. The van der Waals surface area contributed by atoms with Gasteiger partial charge >= 0.3 is 0 Å². The van der Waals surface area contributed by atoms with Crippen molar-refractivity contribution in [2.75, 3.05) is 12.3 Å². The summed E-state index contributed by atoms with van der Waals surface area (Å²) in [5.74, 6) is -0.179. The number of nitrogen functional groups attached to an aromatic ring is 1. The van der Waals surface area contributed by atoms with E-state index in [0.717, 1.165) is 4.47 Å². The molecule has 1 aromatic carbocycles. The van der Waals surface area contributed by atoms with E-state index in [4.69, 9.17) is 5.73 Å². The Morgan fingerprint density at radius 2 is 2.24 bits per heavy atom. The van der Waals surface area contributed by atoms with Crippen LogP contribution in [0.15, 0.2) is 22.7 Å². The van der Waals surface area contributed by atoms with E-state index in [9.17, 15) is 9.90 Å². The van der Waals surface area contributed by atoms with E-state index in [2.05, 4.69) is 21.2 Å². The molecule has 0 aliphatic rings. The average Bonchev–Trinajstić information content (AvgIpc) is 2.27. The average molecular weight is 301 g/mol. The zero-order valence-corrected chi connectivity index (χ0v) is 11.3. The lowest BCUT2D eigenvalue weighted by atomic mass is 10.1. The number of aliphatic hydroxyl groups excluding tert-OH is 1. The number of nitrogens with two attached hydrogens (primary N) is 1. The van der Waals surface area contributed by atoms with E-state index in [1.54, 1.807) is 18.2 Å². The predicted molar refractivity (Wildman–Crippen MR) is 71.8 cm³/mol. The molecular weight excluding hydrogens is 284 g/mol. The van der Waals surface area contributed by atoms with Gasteiger partial charge in [0.25, 0.3) is 5.91 Å². The number of anilines is 1. The lowest BCUT2D eigenvalue weighted by molar-refractivity contribution is 0.0942. The zero-order valence-electron chi connectivity index (χ0n) is 9.74. The molecule has 0 aliphatic heterocycles. The topological polar surface area (TPSA) is 75.3 Å². The number of hydrogen-bond donors (Lipinski definition) is 3. The summed E-state index contributed by atoms with van der Waals surface area (Å²) in [6.45, 7) is 2.36. The van der Waals surface area contributed by atoms with Crippen molar-refractivity contribution in [2.45, 2.75) is 25.9 Å². The van der Waals surface area contributed by atoms with Crippen LogP contribution in [0.25, 0.3) is 0 Å². The lowest BCUT2D eigenvalue weighted by Crippen LogP contribution is -2.27. The third-order valence-corrected chi connectivity index (χ3v) is 2.87. The van der Waals surface area contributed by atoms with Gasteiger partial charge in [0.1, 0.15) is 0 Å². The summed E-state index contributed by atoms with van der Waals surface area (Å²) in [6, 6.07) is 5.07. The Morgan fingerprint density at radius 1 is 1.53 bits per heavy atom. The molecule has 1 unspecified atom stereocenters. The number of aliphatic hydroxyl groups is 1. The van der Waals surface area contributed by atoms with Crippen LogP contribution in [0.4, 0.5) is 5.69 Å². The van der Waals surface area contributed by atoms with Crippen LogP contribution >= 0.6 is 15.9 Å². The summed E-state index contributed by atoms with van der Waals surface area (Å²) in [7, 11) is 0. The summed E-state index contributed by atoms with van der Waals surface area (Å²) in [4.78, 5) is 11.7. The van der Waals surface area contributed by atoms with E-state index in [0.29, 0.717) is 30.6 Å². The SMILES string of the molecule is CCC(O)CCNC(=O)c1cc(N)cc(Br)c1. The van der Waals surface area contributed by atoms with Gasteiger partial charge in [0.15, 0.2) is 0 Å². The molecule has 1 amide bonds. The Hall–Kier alpha value is -1.07. The first-order chi connectivity index (χ1) is 8.02. The summed E-state index contributed by atoms with van der Waals surface area (Å²) in [5, 5.41) is 12.1. The van der Waals surface area contributed by atoms with E-state index in [1.165, 1.54) is 0 Å². The smallest absolute Gasteiger partial charge is 0.251 e. The maximum atomic E-state index is 11.7. The van der Waals surface area contributed by atoms with Crippen LogP contribution < -0.4 is 11.1 Å². The van der Waals surface area contributed by atoms with Crippen molar-refractivity contribution >= 4 is 27.5 Å². The minimum atomic E-state index is -0.358. The second-order valence-electron chi connectivity index (χ2n) is 3.88. The molecular formula is C12H17BrN2O2. The number of carbonyl (C=O) groups excluding carboxylic acids is 1. The monoisotopic (exact) mass is 300 g/mol. The molecule has 1 atom stereocenters. The van der Waals surface area contributed by atoms with Gasteiger partial charge in [-0.1, -0.05) is 22.9 Å². The highest BCUT2D eigenvalue weighted by Gasteiger charge is 2.07. The molecule has 0 spiro atoms. The number of hydrogen-bond acceptors (Lipinski definition) is 3. The van der Waals surface area contributed by atoms with E-state index in [-0.39, 0.29) is 12.0 Å². The highest BCUT2D eigenvalue weighted by molar-refractivity contribution is 9.10. The van der Waals surface area contributed by atoms with Crippen LogP contribution in [0.5, 0.6) is 0 Å². The van der Waals surface area contributed by atoms with Gasteiger partial charge in [-0.3, -0.25) is 4.79 Å². The van der Waals surface area contributed by atoms with Crippen molar-refractivity contribution in [1.29, 1.82) is 0 Å². The van der Waals surface area contributed by atoms with Gasteiger partial charge in [-0.05, 0) is 31.0 Å². The quantitative estimate of drug-likeness (QED) is 0.727. The Morgan fingerprint density at radius 3 is 2.82 bits per heavy atom. The van der Waals surface area contributed by atoms with Crippen molar-refractivity contribution in [2.24, 2.45) is 0 Å². The fourth-order valence-electron chi connectivity index (χ4n) is 1.40. The second-order valence-corrected chi connectivity index (χ2v) is 4.80. The molecule has 4 N–H and O–H groups in total. The van der Waals surface area contributed by atoms with Gasteiger partial charge in [0.05, 0.1) is 6.10 Å². The molecule has 17 heavy (non-hydrogen) atoms. The van der Waals surface area contributed by atoms with Crippen molar-refractivity contribution in [1.82, 2.24) is 5.32 Å². The summed E-state index contributed by atoms with van der Waals surface area (Å²) in [5.41, 5.74) is 6.70. The van der Waals surface area contributed by atoms with Crippen LogP contribution in [-0.4, -0.2) is 23.7 Å². The number of carbonyl (C=O) groups is 1. The second kappa shape index (κ2) is 6.61. The standard InChI is InChI=1S/C12H17BrN2O2/c1-2-11(16)3-4-15-12(17)8-5-9(13)7-10(14)6-8/h5-7,11,16H,2-4,14H2,1H3,(H,15,17). The van der Waals surface area contributed by atoms with E-state index < -0.39 is 0 Å². The van der Waals surface area contributed by atoms with E-state index in [1.807, 2.05) is 6.92 Å². The van der Waals surface area contributed by atoms with E-state index >= 15 is 0 Å². The Bertz CT molecular complexity index is 376. The van der Waals surface area contributed by atoms with Crippen molar-refractivity contribution < 1.29 is 9.90 Å². The Kier molecular flexibility index (Phi) is 5.44. The van der Waals surface area contributed by atoms with Crippen LogP contribution in [0, 0.1) is 0 Å². The molecule has 94 valence electrons. The number of benzene rings is 1. The number of nitrogens with one attached hydrogen (secondary N) is 1. The fraction of sp³-hybridized carbons (Fsp3) is 0.417. The first kappa shape index (κ1) is 14.0. The predicted octanol–water partition coefficient (Wildman–Crippen LogP) is 1.92. The van der Waals surface area contributed by atoms with Gasteiger partial charge in [-0.15, -0.1) is 0 Å². The molecule has 1 rings (SSSR count). The molecule has 1 aromatic rings. The van der Waals surface area contributed by atoms with Gasteiger partial charge in [0.2, 0.25) is 0 Å². The van der Waals surface area contributed by atoms with Crippen molar-refractivity contribution in [3.05, 3.63) is 28.2 Å². The highest BCUT2D eigenvalue weighted by Crippen LogP contribution is 2.17. The largest absolute Gasteiger partial charge is 0.399 e. The minimum absolute atomic E-state index is 0.179. The van der Waals surface area contributed by atoms with Gasteiger partial charge in [0, 0.05) is 22.3 Å². The van der Waals surface area contributed by atoms with Gasteiger partial charge in [-0.2, -0.15) is 0 Å². The maximum Gasteiger partial charge on any atom is 0.251 e. The summed E-state index contributed by atoms with van der Waals surface area (Å²) in [6.07, 6.45) is 0.897. The fourth-order valence-corrected chi connectivity index (χ4v) is 1.91. The normalized spacial score (nSPS) is 12.2. The zero-order chi connectivity index (χ0) is 12.8.